The summed E-state index contributed by atoms with van der Waals surface area (Å²) in [5.41, 5.74) is 0.0528. The summed E-state index contributed by atoms with van der Waals surface area (Å²) in [5, 5.41) is 8.13. The van der Waals surface area contributed by atoms with E-state index in [1.54, 1.807) is 31.0 Å². The van der Waals surface area contributed by atoms with Crippen molar-refractivity contribution in [3.05, 3.63) is 35.9 Å². The van der Waals surface area contributed by atoms with E-state index in [4.69, 9.17) is 0 Å². The second-order valence-electron chi connectivity index (χ2n) is 8.66. The number of amides is 4. The van der Waals surface area contributed by atoms with Gasteiger partial charge in [0, 0.05) is 19.0 Å². The third kappa shape index (κ3) is 6.80. The number of likely N-dealkylation sites (N-methyl/N-ethyl adjacent to an activating group) is 1. The topological polar surface area (TPSA) is 108 Å². The van der Waals surface area contributed by atoms with E-state index < -0.39 is 29.3 Å². The molecule has 3 N–H and O–H groups in total. The molecule has 0 radical (unpaired) electrons. The minimum atomic E-state index is -0.839. The monoisotopic (exact) mass is 430 g/mol. The van der Waals surface area contributed by atoms with Gasteiger partial charge in [0.05, 0.1) is 6.54 Å². The highest BCUT2D eigenvalue weighted by Crippen LogP contribution is 2.24. The quantitative estimate of drug-likeness (QED) is 0.661. The number of carbonyl (C=O) groups excluding carboxylic acids is 4. The average Bonchev–Trinajstić information content (AvgIpc) is 2.76. The molecule has 1 aromatic carbocycles. The van der Waals surface area contributed by atoms with Crippen molar-refractivity contribution in [2.75, 3.05) is 20.1 Å². The molecule has 0 aliphatic carbocycles. The van der Waals surface area contributed by atoms with Crippen molar-refractivity contribution >= 4 is 23.6 Å². The molecule has 1 heterocycles. The molecule has 2 unspecified atom stereocenters. The number of carbonyl (C=O) groups is 4. The Bertz CT molecular complexity index is 794. The van der Waals surface area contributed by atoms with Gasteiger partial charge in [-0.15, -0.1) is 0 Å². The first kappa shape index (κ1) is 24.4. The van der Waals surface area contributed by atoms with Crippen LogP contribution in [0.3, 0.4) is 0 Å². The van der Waals surface area contributed by atoms with E-state index in [1.165, 1.54) is 0 Å². The normalized spacial score (nSPS) is 24.2. The zero-order valence-electron chi connectivity index (χ0n) is 18.9. The van der Waals surface area contributed by atoms with Gasteiger partial charge in [0.2, 0.25) is 23.6 Å². The minimum Gasteiger partial charge on any atom is -0.347 e. The van der Waals surface area contributed by atoms with Crippen molar-refractivity contribution in [1.82, 2.24) is 20.9 Å². The van der Waals surface area contributed by atoms with Gasteiger partial charge in [-0.1, -0.05) is 57.5 Å². The molecular formula is C23H34N4O4. The number of hydrogen-bond acceptors (Lipinski definition) is 4. The summed E-state index contributed by atoms with van der Waals surface area (Å²) >= 11 is 0. The van der Waals surface area contributed by atoms with Crippen LogP contribution in [0.15, 0.2) is 30.3 Å². The first-order chi connectivity index (χ1) is 14.7. The van der Waals surface area contributed by atoms with Crippen molar-refractivity contribution in [2.45, 2.75) is 58.5 Å². The average molecular weight is 431 g/mol. The molecule has 4 amide bonds. The van der Waals surface area contributed by atoms with Crippen LogP contribution in [0.2, 0.25) is 0 Å². The predicted octanol–water partition coefficient (Wildman–Crippen LogP) is 1.52. The lowest BCUT2D eigenvalue weighted by Crippen LogP contribution is -2.52. The Morgan fingerprint density at radius 2 is 1.71 bits per heavy atom. The Hall–Kier alpha value is -2.90. The Labute approximate surface area is 184 Å². The number of nitrogens with zero attached hydrogens (tertiary/aromatic N) is 1. The molecule has 1 aliphatic heterocycles. The van der Waals surface area contributed by atoms with E-state index in [-0.39, 0.29) is 18.4 Å². The maximum Gasteiger partial charge on any atom is 0.249 e. The van der Waals surface area contributed by atoms with Crippen LogP contribution in [0.25, 0.3) is 0 Å². The van der Waals surface area contributed by atoms with Crippen LogP contribution in [0.4, 0.5) is 0 Å². The minimum absolute atomic E-state index is 0.199. The van der Waals surface area contributed by atoms with Crippen LogP contribution < -0.4 is 16.0 Å². The van der Waals surface area contributed by atoms with Crippen LogP contribution in [0.1, 0.15) is 58.1 Å². The molecule has 170 valence electrons. The molecule has 0 saturated carbocycles. The molecule has 8 heteroatoms. The number of benzene rings is 1. The summed E-state index contributed by atoms with van der Waals surface area (Å²) in [5.74, 6) is -1.31. The SMILES string of the molecule is CCC1NC(=O)CNC(=O)C(C)(C)CCCCN(C)C(=O)C(c2ccccc2)NC1=O. The van der Waals surface area contributed by atoms with Crippen LogP contribution in [-0.2, 0) is 19.2 Å². The summed E-state index contributed by atoms with van der Waals surface area (Å²) in [4.78, 5) is 52.5. The fraction of sp³-hybridized carbons (Fsp3) is 0.565. The van der Waals surface area contributed by atoms with Crippen LogP contribution >= 0.6 is 0 Å². The first-order valence-corrected chi connectivity index (χ1v) is 10.8. The number of rotatable bonds is 2. The Balaban J connectivity index is 2.29. The third-order valence-electron chi connectivity index (χ3n) is 5.67. The zero-order valence-corrected chi connectivity index (χ0v) is 18.9. The summed E-state index contributed by atoms with van der Waals surface area (Å²) in [6, 6.07) is 7.43. The van der Waals surface area contributed by atoms with Gasteiger partial charge in [-0.25, -0.2) is 0 Å². The highest BCUT2D eigenvalue weighted by Gasteiger charge is 2.31. The van der Waals surface area contributed by atoms with E-state index in [9.17, 15) is 19.2 Å². The van der Waals surface area contributed by atoms with Gasteiger partial charge in [0.25, 0.3) is 0 Å². The van der Waals surface area contributed by atoms with Gasteiger partial charge < -0.3 is 20.9 Å². The lowest BCUT2D eigenvalue weighted by atomic mass is 9.86. The van der Waals surface area contributed by atoms with E-state index in [0.29, 0.717) is 24.9 Å². The second kappa shape index (κ2) is 10.9. The van der Waals surface area contributed by atoms with Gasteiger partial charge in [-0.2, -0.15) is 0 Å². The molecule has 8 nitrogen and oxygen atoms in total. The van der Waals surface area contributed by atoms with E-state index in [0.717, 1.165) is 12.8 Å². The molecule has 2 atom stereocenters. The Kier molecular flexibility index (Phi) is 8.59. The first-order valence-electron chi connectivity index (χ1n) is 10.8. The van der Waals surface area contributed by atoms with Crippen LogP contribution in [0, 0.1) is 5.41 Å². The predicted molar refractivity (Wildman–Crippen MR) is 118 cm³/mol. The highest BCUT2D eigenvalue weighted by atomic mass is 16.2. The smallest absolute Gasteiger partial charge is 0.249 e. The van der Waals surface area contributed by atoms with Crippen LogP contribution in [0.5, 0.6) is 0 Å². The van der Waals surface area contributed by atoms with Gasteiger partial charge >= 0.3 is 0 Å². The molecule has 1 aromatic rings. The van der Waals surface area contributed by atoms with Gasteiger partial charge in [0.15, 0.2) is 0 Å². The zero-order chi connectivity index (χ0) is 23.0. The summed E-state index contributed by atoms with van der Waals surface area (Å²) in [7, 11) is 1.71. The van der Waals surface area contributed by atoms with Crippen molar-refractivity contribution in [3.8, 4) is 0 Å². The molecule has 1 saturated heterocycles. The van der Waals surface area contributed by atoms with E-state index >= 15 is 0 Å². The lowest BCUT2D eigenvalue weighted by molar-refractivity contribution is -0.137. The highest BCUT2D eigenvalue weighted by molar-refractivity contribution is 5.93. The molecule has 2 rings (SSSR count). The molecule has 1 fully saturated rings. The molecule has 1 aliphatic rings. The Morgan fingerprint density at radius 1 is 1.03 bits per heavy atom. The lowest BCUT2D eigenvalue weighted by Gasteiger charge is -2.28. The Morgan fingerprint density at radius 3 is 2.35 bits per heavy atom. The van der Waals surface area contributed by atoms with Crippen molar-refractivity contribution in [2.24, 2.45) is 5.41 Å². The molecular weight excluding hydrogens is 396 g/mol. The van der Waals surface area contributed by atoms with E-state index in [1.807, 2.05) is 32.0 Å². The van der Waals surface area contributed by atoms with Crippen molar-refractivity contribution < 1.29 is 19.2 Å². The summed E-state index contributed by atoms with van der Waals surface area (Å²) in [6.45, 7) is 5.77. The van der Waals surface area contributed by atoms with Gasteiger partial charge in [-0.3, -0.25) is 19.2 Å². The summed E-state index contributed by atoms with van der Waals surface area (Å²) in [6.07, 6.45) is 2.47. The van der Waals surface area contributed by atoms with E-state index in [2.05, 4.69) is 16.0 Å². The fourth-order valence-corrected chi connectivity index (χ4v) is 3.53. The summed E-state index contributed by atoms with van der Waals surface area (Å²) < 4.78 is 0. The molecule has 31 heavy (non-hydrogen) atoms. The molecule has 0 bridgehead atoms. The standard InChI is InChI=1S/C23H34N4O4/c1-5-17-20(29)26-19(16-11-7-6-8-12-16)21(30)27(4)14-10-9-13-23(2,3)22(31)24-15-18(28)25-17/h6-8,11-12,17,19H,5,9-10,13-15H2,1-4H3,(H,24,31)(H,25,28)(H,26,29). The largest absolute Gasteiger partial charge is 0.347 e. The second-order valence-corrected chi connectivity index (χ2v) is 8.66. The maximum atomic E-state index is 13.2. The van der Waals surface area contributed by atoms with Crippen molar-refractivity contribution in [3.63, 3.8) is 0 Å². The molecule has 0 aromatic heterocycles. The number of hydrogen-bond donors (Lipinski definition) is 3. The van der Waals surface area contributed by atoms with Crippen LogP contribution in [-0.4, -0.2) is 54.7 Å². The third-order valence-corrected chi connectivity index (χ3v) is 5.67. The maximum absolute atomic E-state index is 13.2. The fourth-order valence-electron chi connectivity index (χ4n) is 3.53. The molecule has 0 spiro atoms. The van der Waals surface area contributed by atoms with Gasteiger partial charge in [-0.05, 0) is 24.8 Å². The number of nitrogens with one attached hydrogen (secondary N) is 3. The van der Waals surface area contributed by atoms with Crippen molar-refractivity contribution in [1.29, 1.82) is 0 Å². The van der Waals surface area contributed by atoms with Gasteiger partial charge in [0.1, 0.15) is 12.1 Å².